The van der Waals surface area contributed by atoms with Crippen LogP contribution in [-0.4, -0.2) is 36.9 Å². The Morgan fingerprint density at radius 2 is 2.21 bits per heavy atom. The SMILES string of the molecule is OCC[C@H](NC1CC1)[C@@H]1CCCNC1. The standard InChI is InChI=1S/C11H22N2O/c14-7-5-11(13-10-3-4-10)9-2-1-6-12-8-9/h9-14H,1-8H2/t9-,11+/m1/s1. The van der Waals surface area contributed by atoms with E-state index in [1.54, 1.807) is 0 Å². The van der Waals surface area contributed by atoms with Crippen LogP contribution in [0.3, 0.4) is 0 Å². The van der Waals surface area contributed by atoms with Crippen LogP contribution in [0.4, 0.5) is 0 Å². The second-order valence-corrected chi connectivity index (χ2v) is 4.67. The molecule has 0 radical (unpaired) electrons. The molecule has 0 aromatic heterocycles. The number of nitrogens with one attached hydrogen (secondary N) is 2. The summed E-state index contributed by atoms with van der Waals surface area (Å²) >= 11 is 0. The van der Waals surface area contributed by atoms with Crippen LogP contribution >= 0.6 is 0 Å². The van der Waals surface area contributed by atoms with Crippen LogP contribution in [0.5, 0.6) is 0 Å². The summed E-state index contributed by atoms with van der Waals surface area (Å²) in [5.74, 6) is 0.733. The molecule has 0 bridgehead atoms. The molecule has 0 unspecified atom stereocenters. The molecular weight excluding hydrogens is 176 g/mol. The van der Waals surface area contributed by atoms with Gasteiger partial charge >= 0.3 is 0 Å². The van der Waals surface area contributed by atoms with Crippen LogP contribution in [0.1, 0.15) is 32.1 Å². The van der Waals surface area contributed by atoms with Crippen molar-refractivity contribution in [2.75, 3.05) is 19.7 Å². The Kier molecular flexibility index (Phi) is 3.79. The van der Waals surface area contributed by atoms with Crippen molar-refractivity contribution in [3.05, 3.63) is 0 Å². The minimum absolute atomic E-state index is 0.320. The molecule has 14 heavy (non-hydrogen) atoms. The number of hydrogen-bond acceptors (Lipinski definition) is 3. The zero-order valence-corrected chi connectivity index (χ0v) is 8.84. The average molecular weight is 198 g/mol. The first-order chi connectivity index (χ1) is 6.90. The van der Waals surface area contributed by atoms with Crippen LogP contribution in [0.25, 0.3) is 0 Å². The molecule has 3 nitrogen and oxygen atoms in total. The molecule has 2 rings (SSSR count). The summed E-state index contributed by atoms with van der Waals surface area (Å²) in [6.45, 7) is 2.62. The van der Waals surface area contributed by atoms with Crippen molar-refractivity contribution in [1.82, 2.24) is 10.6 Å². The molecule has 3 N–H and O–H groups in total. The minimum Gasteiger partial charge on any atom is -0.396 e. The van der Waals surface area contributed by atoms with E-state index in [0.717, 1.165) is 24.9 Å². The summed E-state index contributed by atoms with van der Waals surface area (Å²) < 4.78 is 0. The molecule has 1 aliphatic heterocycles. The van der Waals surface area contributed by atoms with Crippen LogP contribution in [0, 0.1) is 5.92 Å². The highest BCUT2D eigenvalue weighted by Crippen LogP contribution is 2.24. The first-order valence-electron chi connectivity index (χ1n) is 5.98. The van der Waals surface area contributed by atoms with Crippen LogP contribution in [0.15, 0.2) is 0 Å². The van der Waals surface area contributed by atoms with E-state index in [1.807, 2.05) is 0 Å². The lowest BCUT2D eigenvalue weighted by Gasteiger charge is -2.31. The smallest absolute Gasteiger partial charge is 0.0445 e. The highest BCUT2D eigenvalue weighted by atomic mass is 16.3. The lowest BCUT2D eigenvalue weighted by Crippen LogP contribution is -2.45. The predicted molar refractivity (Wildman–Crippen MR) is 57.2 cm³/mol. The lowest BCUT2D eigenvalue weighted by atomic mass is 9.90. The number of piperidine rings is 1. The van der Waals surface area contributed by atoms with Gasteiger partial charge in [-0.3, -0.25) is 0 Å². The molecule has 1 saturated carbocycles. The average Bonchev–Trinajstić information content (AvgIpc) is 3.03. The fraction of sp³-hybridized carbons (Fsp3) is 1.00. The molecule has 0 spiro atoms. The van der Waals surface area contributed by atoms with E-state index in [1.165, 1.54) is 32.2 Å². The second kappa shape index (κ2) is 5.10. The predicted octanol–water partition coefficient (Wildman–Crippen LogP) is 0.489. The Labute approximate surface area is 86.3 Å². The fourth-order valence-electron chi connectivity index (χ4n) is 2.37. The first-order valence-corrected chi connectivity index (χ1v) is 5.98. The summed E-state index contributed by atoms with van der Waals surface area (Å²) in [5.41, 5.74) is 0. The molecule has 82 valence electrons. The van der Waals surface area contributed by atoms with Crippen LogP contribution < -0.4 is 10.6 Å². The lowest BCUT2D eigenvalue weighted by molar-refractivity contribution is 0.213. The van der Waals surface area contributed by atoms with Crippen LogP contribution in [0.2, 0.25) is 0 Å². The molecule has 2 aliphatic rings. The highest BCUT2D eigenvalue weighted by Gasteiger charge is 2.29. The van der Waals surface area contributed by atoms with Gasteiger partial charge in [-0.05, 0) is 51.1 Å². The van der Waals surface area contributed by atoms with Crippen molar-refractivity contribution < 1.29 is 5.11 Å². The van der Waals surface area contributed by atoms with E-state index in [-0.39, 0.29) is 0 Å². The third kappa shape index (κ3) is 2.94. The van der Waals surface area contributed by atoms with E-state index in [2.05, 4.69) is 10.6 Å². The molecule has 3 heteroatoms. The second-order valence-electron chi connectivity index (χ2n) is 4.67. The van der Waals surface area contributed by atoms with Crippen molar-refractivity contribution in [2.24, 2.45) is 5.92 Å². The van der Waals surface area contributed by atoms with Gasteiger partial charge in [0.1, 0.15) is 0 Å². The Bertz CT molecular complexity index is 165. The van der Waals surface area contributed by atoms with Crippen molar-refractivity contribution in [1.29, 1.82) is 0 Å². The normalized spacial score (nSPS) is 30.2. The number of rotatable bonds is 5. The van der Waals surface area contributed by atoms with Crippen molar-refractivity contribution >= 4 is 0 Å². The summed E-state index contributed by atoms with van der Waals surface area (Å²) in [6.07, 6.45) is 6.20. The van der Waals surface area contributed by atoms with Gasteiger partial charge < -0.3 is 15.7 Å². The Morgan fingerprint density at radius 3 is 2.79 bits per heavy atom. The molecule has 1 aliphatic carbocycles. The maximum atomic E-state index is 9.04. The first kappa shape index (κ1) is 10.4. The van der Waals surface area contributed by atoms with Gasteiger partial charge in [-0.1, -0.05) is 0 Å². The monoisotopic (exact) mass is 198 g/mol. The third-order valence-electron chi connectivity index (χ3n) is 3.37. The Morgan fingerprint density at radius 1 is 1.36 bits per heavy atom. The number of aliphatic hydroxyl groups excluding tert-OH is 1. The maximum Gasteiger partial charge on any atom is 0.0445 e. The number of hydrogen-bond donors (Lipinski definition) is 3. The molecule has 0 aromatic carbocycles. The molecular formula is C11H22N2O. The van der Waals surface area contributed by atoms with Crippen LogP contribution in [-0.2, 0) is 0 Å². The van der Waals surface area contributed by atoms with Gasteiger partial charge in [0.05, 0.1) is 0 Å². The van der Waals surface area contributed by atoms with Gasteiger partial charge in [-0.25, -0.2) is 0 Å². The number of aliphatic hydroxyl groups is 1. The van der Waals surface area contributed by atoms with E-state index < -0.39 is 0 Å². The molecule has 0 aromatic rings. The van der Waals surface area contributed by atoms with Crippen molar-refractivity contribution in [3.63, 3.8) is 0 Å². The Balaban J connectivity index is 1.79. The largest absolute Gasteiger partial charge is 0.396 e. The fourth-order valence-corrected chi connectivity index (χ4v) is 2.37. The quantitative estimate of drug-likeness (QED) is 0.602. The van der Waals surface area contributed by atoms with Gasteiger partial charge in [0.2, 0.25) is 0 Å². The van der Waals surface area contributed by atoms with Crippen molar-refractivity contribution in [3.8, 4) is 0 Å². The molecule has 0 amide bonds. The van der Waals surface area contributed by atoms with E-state index in [9.17, 15) is 0 Å². The Hall–Kier alpha value is -0.120. The van der Waals surface area contributed by atoms with Gasteiger partial charge in [0, 0.05) is 18.7 Å². The highest BCUT2D eigenvalue weighted by molar-refractivity contribution is 4.89. The van der Waals surface area contributed by atoms with Crippen molar-refractivity contribution in [2.45, 2.75) is 44.2 Å². The molecule has 1 heterocycles. The van der Waals surface area contributed by atoms with E-state index >= 15 is 0 Å². The zero-order valence-electron chi connectivity index (χ0n) is 8.84. The van der Waals surface area contributed by atoms with E-state index in [4.69, 9.17) is 5.11 Å². The molecule has 2 fully saturated rings. The topological polar surface area (TPSA) is 44.3 Å². The van der Waals surface area contributed by atoms with Gasteiger partial charge in [-0.2, -0.15) is 0 Å². The maximum absolute atomic E-state index is 9.04. The zero-order chi connectivity index (χ0) is 9.80. The summed E-state index contributed by atoms with van der Waals surface area (Å²) in [7, 11) is 0. The summed E-state index contributed by atoms with van der Waals surface area (Å²) in [6, 6.07) is 1.30. The van der Waals surface area contributed by atoms with Gasteiger partial charge in [-0.15, -0.1) is 0 Å². The van der Waals surface area contributed by atoms with E-state index in [0.29, 0.717) is 12.6 Å². The third-order valence-corrected chi connectivity index (χ3v) is 3.37. The minimum atomic E-state index is 0.320. The molecule has 2 atom stereocenters. The summed E-state index contributed by atoms with van der Waals surface area (Å²) in [4.78, 5) is 0. The van der Waals surface area contributed by atoms with Gasteiger partial charge in [0.15, 0.2) is 0 Å². The van der Waals surface area contributed by atoms with Gasteiger partial charge in [0.25, 0.3) is 0 Å². The summed E-state index contributed by atoms with van der Waals surface area (Å²) in [5, 5.41) is 16.1. The molecule has 1 saturated heterocycles.